The van der Waals surface area contributed by atoms with Gasteiger partial charge in [-0.25, -0.2) is 4.98 Å². The highest BCUT2D eigenvalue weighted by atomic mass is 16.5. The quantitative estimate of drug-likeness (QED) is 0.590. The van der Waals surface area contributed by atoms with Gasteiger partial charge in [-0.3, -0.25) is 10.2 Å². The second kappa shape index (κ2) is 5.40. The molecule has 1 aromatic rings. The molecule has 0 saturated carbocycles. The topological polar surface area (TPSA) is 97.2 Å². The van der Waals surface area contributed by atoms with E-state index in [9.17, 15) is 4.79 Å². The summed E-state index contributed by atoms with van der Waals surface area (Å²) in [5.74, 6) is 0.371. The minimum atomic E-state index is -0.470. The first-order valence-corrected chi connectivity index (χ1v) is 6.28. The SMILES string of the molecule is CC(C)n1ccnc(N2CCOC(C(=N)N)C2)c1=O. The van der Waals surface area contributed by atoms with E-state index in [4.69, 9.17) is 15.9 Å². The zero-order chi connectivity index (χ0) is 14.0. The van der Waals surface area contributed by atoms with Crippen molar-refractivity contribution in [3.63, 3.8) is 0 Å². The van der Waals surface area contributed by atoms with Gasteiger partial charge in [-0.2, -0.15) is 0 Å². The fourth-order valence-electron chi connectivity index (χ4n) is 2.07. The Morgan fingerprint density at radius 3 is 3.00 bits per heavy atom. The van der Waals surface area contributed by atoms with Crippen molar-refractivity contribution in [3.05, 3.63) is 22.7 Å². The summed E-state index contributed by atoms with van der Waals surface area (Å²) in [6.07, 6.45) is 2.83. The van der Waals surface area contributed by atoms with E-state index in [-0.39, 0.29) is 17.4 Å². The van der Waals surface area contributed by atoms with Crippen LogP contribution in [0.5, 0.6) is 0 Å². The van der Waals surface area contributed by atoms with Gasteiger partial charge in [0, 0.05) is 25.0 Å². The molecule has 1 aromatic heterocycles. The Kier molecular flexibility index (Phi) is 3.84. The molecule has 1 atom stereocenters. The molecule has 1 saturated heterocycles. The van der Waals surface area contributed by atoms with Crippen molar-refractivity contribution in [1.29, 1.82) is 5.41 Å². The number of nitrogens with two attached hydrogens (primary N) is 1. The predicted molar refractivity (Wildman–Crippen MR) is 72.7 cm³/mol. The van der Waals surface area contributed by atoms with Crippen LogP contribution in [0, 0.1) is 5.41 Å². The number of hydrogen-bond acceptors (Lipinski definition) is 5. The van der Waals surface area contributed by atoms with Crippen LogP contribution in [-0.4, -0.2) is 41.2 Å². The molecule has 1 fully saturated rings. The lowest BCUT2D eigenvalue weighted by Crippen LogP contribution is -2.50. The molecule has 7 nitrogen and oxygen atoms in total. The summed E-state index contributed by atoms with van der Waals surface area (Å²) in [6, 6.07) is 0.0823. The average Bonchev–Trinajstić information content (AvgIpc) is 2.38. The first kappa shape index (κ1) is 13.5. The summed E-state index contributed by atoms with van der Waals surface area (Å²) >= 11 is 0. The van der Waals surface area contributed by atoms with E-state index in [2.05, 4.69) is 4.98 Å². The molecule has 1 unspecified atom stereocenters. The number of ether oxygens (including phenoxy) is 1. The van der Waals surface area contributed by atoms with Gasteiger partial charge in [0.05, 0.1) is 13.2 Å². The van der Waals surface area contributed by atoms with Gasteiger partial charge < -0.3 is 19.9 Å². The highest BCUT2D eigenvalue weighted by Crippen LogP contribution is 2.12. The fraction of sp³-hybridized carbons (Fsp3) is 0.583. The maximum atomic E-state index is 12.3. The molecule has 0 aromatic carbocycles. The van der Waals surface area contributed by atoms with Crippen molar-refractivity contribution in [2.75, 3.05) is 24.6 Å². The molecule has 0 radical (unpaired) electrons. The minimum absolute atomic E-state index is 0.0233. The molecule has 0 aliphatic carbocycles. The molecule has 1 aliphatic rings. The van der Waals surface area contributed by atoms with Crippen LogP contribution in [0.2, 0.25) is 0 Å². The van der Waals surface area contributed by atoms with Crippen LogP contribution in [0.1, 0.15) is 19.9 Å². The molecule has 0 bridgehead atoms. The zero-order valence-electron chi connectivity index (χ0n) is 11.2. The summed E-state index contributed by atoms with van der Waals surface area (Å²) in [4.78, 5) is 18.3. The molecule has 19 heavy (non-hydrogen) atoms. The van der Waals surface area contributed by atoms with E-state index < -0.39 is 6.10 Å². The minimum Gasteiger partial charge on any atom is -0.385 e. The standard InChI is InChI=1S/C12H19N5O2/c1-8(2)17-4-3-15-11(12(17)18)16-5-6-19-9(7-16)10(13)14/h3-4,8-9H,5-7H2,1-2H3,(H3,13,14). The van der Waals surface area contributed by atoms with Crippen molar-refractivity contribution < 1.29 is 4.74 Å². The van der Waals surface area contributed by atoms with Crippen LogP contribution in [0.25, 0.3) is 0 Å². The number of nitrogens with one attached hydrogen (secondary N) is 1. The van der Waals surface area contributed by atoms with E-state index in [0.29, 0.717) is 25.5 Å². The van der Waals surface area contributed by atoms with Crippen molar-refractivity contribution in [2.45, 2.75) is 26.0 Å². The largest absolute Gasteiger partial charge is 0.385 e. The molecule has 0 spiro atoms. The number of aromatic nitrogens is 2. The second-order valence-electron chi connectivity index (χ2n) is 4.82. The van der Waals surface area contributed by atoms with Gasteiger partial charge in [0.2, 0.25) is 0 Å². The Morgan fingerprint density at radius 2 is 2.37 bits per heavy atom. The van der Waals surface area contributed by atoms with Crippen molar-refractivity contribution >= 4 is 11.7 Å². The Bertz CT molecular complexity index is 525. The average molecular weight is 265 g/mol. The van der Waals surface area contributed by atoms with Crippen molar-refractivity contribution in [2.24, 2.45) is 5.73 Å². The van der Waals surface area contributed by atoms with Gasteiger partial charge in [0.1, 0.15) is 11.9 Å². The maximum absolute atomic E-state index is 12.3. The molecular formula is C12H19N5O2. The second-order valence-corrected chi connectivity index (χ2v) is 4.82. The highest BCUT2D eigenvalue weighted by molar-refractivity contribution is 5.82. The molecule has 1 aliphatic heterocycles. The summed E-state index contributed by atoms with van der Waals surface area (Å²) in [5.41, 5.74) is 5.33. The first-order valence-electron chi connectivity index (χ1n) is 6.28. The van der Waals surface area contributed by atoms with Gasteiger partial charge in [0.15, 0.2) is 5.82 Å². The number of amidine groups is 1. The van der Waals surface area contributed by atoms with Crippen LogP contribution in [0.3, 0.4) is 0 Å². The van der Waals surface area contributed by atoms with Crippen LogP contribution in [0.4, 0.5) is 5.82 Å². The first-order chi connectivity index (χ1) is 9.00. The van der Waals surface area contributed by atoms with Crippen LogP contribution in [-0.2, 0) is 4.74 Å². The maximum Gasteiger partial charge on any atom is 0.293 e. The van der Waals surface area contributed by atoms with E-state index >= 15 is 0 Å². The van der Waals surface area contributed by atoms with Gasteiger partial charge in [-0.15, -0.1) is 0 Å². The van der Waals surface area contributed by atoms with Crippen LogP contribution < -0.4 is 16.2 Å². The van der Waals surface area contributed by atoms with E-state index in [0.717, 1.165) is 0 Å². The van der Waals surface area contributed by atoms with Gasteiger partial charge in [-0.1, -0.05) is 0 Å². The molecular weight excluding hydrogens is 246 g/mol. The predicted octanol–water partition coefficient (Wildman–Crippen LogP) is -0.0346. The third kappa shape index (κ3) is 2.76. The van der Waals surface area contributed by atoms with E-state index in [1.54, 1.807) is 17.0 Å². The third-order valence-electron chi connectivity index (χ3n) is 3.12. The van der Waals surface area contributed by atoms with Crippen LogP contribution in [0.15, 0.2) is 17.2 Å². The lowest BCUT2D eigenvalue weighted by molar-refractivity contribution is 0.0822. The van der Waals surface area contributed by atoms with E-state index in [1.165, 1.54) is 0 Å². The van der Waals surface area contributed by atoms with Gasteiger partial charge in [0.25, 0.3) is 5.56 Å². The lowest BCUT2D eigenvalue weighted by Gasteiger charge is -2.32. The summed E-state index contributed by atoms with van der Waals surface area (Å²) in [6.45, 7) is 5.29. The summed E-state index contributed by atoms with van der Waals surface area (Å²) in [5, 5.41) is 7.43. The molecule has 104 valence electrons. The Morgan fingerprint density at radius 1 is 1.63 bits per heavy atom. The number of hydrogen-bond donors (Lipinski definition) is 2. The number of rotatable bonds is 3. The molecule has 7 heteroatoms. The zero-order valence-corrected chi connectivity index (χ0v) is 11.2. The molecule has 2 heterocycles. The van der Waals surface area contributed by atoms with E-state index in [1.807, 2.05) is 18.7 Å². The molecule has 0 amide bonds. The molecule has 3 N–H and O–H groups in total. The highest BCUT2D eigenvalue weighted by Gasteiger charge is 2.25. The number of morpholine rings is 1. The monoisotopic (exact) mass is 265 g/mol. The summed E-state index contributed by atoms with van der Waals surface area (Å²) in [7, 11) is 0. The Hall–Kier alpha value is -1.89. The fourth-order valence-corrected chi connectivity index (χ4v) is 2.07. The lowest BCUT2D eigenvalue weighted by atomic mass is 10.2. The number of nitrogens with zero attached hydrogens (tertiary/aromatic N) is 3. The van der Waals surface area contributed by atoms with Gasteiger partial charge in [-0.05, 0) is 13.8 Å². The summed E-state index contributed by atoms with van der Waals surface area (Å²) < 4.78 is 7.02. The van der Waals surface area contributed by atoms with Crippen molar-refractivity contribution in [1.82, 2.24) is 9.55 Å². The Balaban J connectivity index is 2.29. The third-order valence-corrected chi connectivity index (χ3v) is 3.12. The van der Waals surface area contributed by atoms with Crippen molar-refractivity contribution in [3.8, 4) is 0 Å². The normalized spacial score (nSPS) is 19.7. The molecule has 2 rings (SSSR count). The van der Waals surface area contributed by atoms with Crippen LogP contribution >= 0.6 is 0 Å². The Labute approximate surface area is 111 Å². The van der Waals surface area contributed by atoms with Gasteiger partial charge >= 0.3 is 0 Å². The number of anilines is 1. The smallest absolute Gasteiger partial charge is 0.293 e.